The van der Waals surface area contributed by atoms with Crippen LogP contribution in [-0.4, -0.2) is 33.1 Å². The van der Waals surface area contributed by atoms with Crippen LogP contribution in [0, 0.1) is 0 Å². The molecule has 0 saturated carbocycles. The molecule has 0 radical (unpaired) electrons. The standard InChI is InChI=1S/C13H24BrN3O/c1-6-10-12(14)11(17(5)16-10)7-9(18)8-15-13(2,3)4/h9,15,18H,6-8H2,1-5H3. The van der Waals surface area contributed by atoms with E-state index < -0.39 is 6.10 Å². The highest BCUT2D eigenvalue weighted by Gasteiger charge is 2.17. The maximum atomic E-state index is 10.1. The van der Waals surface area contributed by atoms with Crippen LogP contribution in [0.4, 0.5) is 0 Å². The Bertz CT molecular complexity index is 396. The average Bonchev–Trinajstić information content (AvgIpc) is 2.53. The summed E-state index contributed by atoms with van der Waals surface area (Å²) in [6, 6.07) is 0. The van der Waals surface area contributed by atoms with Crippen LogP contribution in [0.3, 0.4) is 0 Å². The summed E-state index contributed by atoms with van der Waals surface area (Å²) < 4.78 is 2.88. The molecule has 0 saturated heterocycles. The van der Waals surface area contributed by atoms with E-state index in [4.69, 9.17) is 0 Å². The predicted octanol–water partition coefficient (Wildman–Crippen LogP) is 2.04. The summed E-state index contributed by atoms with van der Waals surface area (Å²) in [5.74, 6) is 0. The van der Waals surface area contributed by atoms with Crippen molar-refractivity contribution in [1.29, 1.82) is 0 Å². The maximum Gasteiger partial charge on any atom is 0.0766 e. The van der Waals surface area contributed by atoms with Gasteiger partial charge in [-0.2, -0.15) is 5.10 Å². The second-order valence-electron chi connectivity index (χ2n) is 5.67. The van der Waals surface area contributed by atoms with E-state index in [1.54, 1.807) is 0 Å². The first-order valence-corrected chi connectivity index (χ1v) is 7.17. The lowest BCUT2D eigenvalue weighted by Gasteiger charge is -2.23. The van der Waals surface area contributed by atoms with Crippen LogP contribution in [0.2, 0.25) is 0 Å². The molecule has 2 N–H and O–H groups in total. The number of aryl methyl sites for hydroxylation is 2. The Hall–Kier alpha value is -0.390. The molecule has 104 valence electrons. The third kappa shape index (κ3) is 4.37. The van der Waals surface area contributed by atoms with Gasteiger partial charge in [0, 0.05) is 25.6 Å². The monoisotopic (exact) mass is 317 g/mol. The summed E-state index contributed by atoms with van der Waals surface area (Å²) in [6.07, 6.45) is 1.10. The Morgan fingerprint density at radius 2 is 2.06 bits per heavy atom. The van der Waals surface area contributed by atoms with E-state index in [0.717, 1.165) is 22.3 Å². The molecule has 1 unspecified atom stereocenters. The number of β-amino-alcohol motifs (C(OH)–C–C–N with tert-alkyl or cyclic N) is 1. The highest BCUT2D eigenvalue weighted by molar-refractivity contribution is 9.10. The number of hydrogen-bond donors (Lipinski definition) is 2. The first-order chi connectivity index (χ1) is 8.24. The van der Waals surface area contributed by atoms with Crippen LogP contribution in [-0.2, 0) is 19.9 Å². The molecule has 0 aliphatic heterocycles. The molecule has 1 aromatic heterocycles. The minimum atomic E-state index is -0.402. The number of aliphatic hydroxyl groups is 1. The van der Waals surface area contributed by atoms with Crippen molar-refractivity contribution in [2.24, 2.45) is 7.05 Å². The largest absolute Gasteiger partial charge is 0.391 e. The molecule has 5 heteroatoms. The Morgan fingerprint density at radius 1 is 1.44 bits per heavy atom. The van der Waals surface area contributed by atoms with E-state index >= 15 is 0 Å². The van der Waals surface area contributed by atoms with Crippen molar-refractivity contribution in [3.05, 3.63) is 15.9 Å². The lowest BCUT2D eigenvalue weighted by molar-refractivity contribution is 0.158. The SMILES string of the molecule is CCc1nn(C)c(CC(O)CNC(C)(C)C)c1Br. The van der Waals surface area contributed by atoms with Gasteiger partial charge in [-0.15, -0.1) is 0 Å². The Balaban J connectivity index is 2.64. The van der Waals surface area contributed by atoms with Gasteiger partial charge in [0.15, 0.2) is 0 Å². The van der Waals surface area contributed by atoms with Crippen LogP contribution in [0.5, 0.6) is 0 Å². The number of hydrogen-bond acceptors (Lipinski definition) is 3. The molecule has 0 aliphatic carbocycles. The third-order valence-electron chi connectivity index (χ3n) is 2.80. The molecule has 0 aromatic carbocycles. The average molecular weight is 318 g/mol. The smallest absolute Gasteiger partial charge is 0.0766 e. The molecule has 1 atom stereocenters. The fourth-order valence-electron chi connectivity index (χ4n) is 1.76. The topological polar surface area (TPSA) is 50.1 Å². The number of aromatic nitrogens is 2. The predicted molar refractivity (Wildman–Crippen MR) is 77.8 cm³/mol. The van der Waals surface area contributed by atoms with Gasteiger partial charge in [0.05, 0.1) is 22.0 Å². The van der Waals surface area contributed by atoms with Gasteiger partial charge in [-0.25, -0.2) is 0 Å². The number of nitrogens with one attached hydrogen (secondary N) is 1. The van der Waals surface area contributed by atoms with Crippen LogP contribution < -0.4 is 5.32 Å². The first-order valence-electron chi connectivity index (χ1n) is 6.38. The van der Waals surface area contributed by atoms with Gasteiger partial charge in [-0.1, -0.05) is 6.92 Å². The number of aliphatic hydroxyl groups excluding tert-OH is 1. The van der Waals surface area contributed by atoms with Gasteiger partial charge in [0.2, 0.25) is 0 Å². The molecule has 0 fully saturated rings. The van der Waals surface area contributed by atoms with Crippen molar-refractivity contribution < 1.29 is 5.11 Å². The van der Waals surface area contributed by atoms with E-state index in [9.17, 15) is 5.11 Å². The molecule has 0 spiro atoms. The summed E-state index contributed by atoms with van der Waals surface area (Å²) in [4.78, 5) is 0. The Labute approximate surface area is 118 Å². The van der Waals surface area contributed by atoms with Crippen LogP contribution in [0.1, 0.15) is 39.1 Å². The zero-order valence-corrected chi connectivity index (χ0v) is 13.5. The molecule has 0 bridgehead atoms. The van der Waals surface area contributed by atoms with E-state index in [-0.39, 0.29) is 5.54 Å². The molecule has 4 nitrogen and oxygen atoms in total. The van der Waals surface area contributed by atoms with Crippen molar-refractivity contribution in [2.75, 3.05) is 6.54 Å². The van der Waals surface area contributed by atoms with E-state index in [0.29, 0.717) is 13.0 Å². The summed E-state index contributed by atoms with van der Waals surface area (Å²) in [7, 11) is 1.92. The molecular weight excluding hydrogens is 294 g/mol. The minimum absolute atomic E-state index is 0.0270. The lowest BCUT2D eigenvalue weighted by Crippen LogP contribution is -2.41. The van der Waals surface area contributed by atoms with Crippen molar-refractivity contribution in [1.82, 2.24) is 15.1 Å². The number of nitrogens with zero attached hydrogens (tertiary/aromatic N) is 2. The van der Waals surface area contributed by atoms with Crippen LogP contribution in [0.25, 0.3) is 0 Å². The molecule has 18 heavy (non-hydrogen) atoms. The maximum absolute atomic E-state index is 10.1. The second-order valence-corrected chi connectivity index (χ2v) is 6.47. The zero-order chi connectivity index (χ0) is 13.9. The van der Waals surface area contributed by atoms with Crippen molar-refractivity contribution >= 4 is 15.9 Å². The van der Waals surface area contributed by atoms with E-state index in [1.165, 1.54) is 0 Å². The van der Waals surface area contributed by atoms with Crippen molar-refractivity contribution in [3.63, 3.8) is 0 Å². The minimum Gasteiger partial charge on any atom is -0.391 e. The van der Waals surface area contributed by atoms with E-state index in [2.05, 4.69) is 54.0 Å². The normalized spacial score (nSPS) is 13.9. The highest BCUT2D eigenvalue weighted by Crippen LogP contribution is 2.22. The van der Waals surface area contributed by atoms with Crippen molar-refractivity contribution in [2.45, 2.75) is 52.2 Å². The molecule has 1 aromatic rings. The molecule has 0 aliphatic rings. The third-order valence-corrected chi connectivity index (χ3v) is 3.72. The second kappa shape index (κ2) is 6.17. The van der Waals surface area contributed by atoms with Gasteiger partial charge >= 0.3 is 0 Å². The fraction of sp³-hybridized carbons (Fsp3) is 0.769. The van der Waals surface area contributed by atoms with Gasteiger partial charge < -0.3 is 10.4 Å². The molecular formula is C13H24BrN3O. The quantitative estimate of drug-likeness (QED) is 0.873. The van der Waals surface area contributed by atoms with Crippen LogP contribution in [0.15, 0.2) is 4.47 Å². The number of halogens is 1. The first kappa shape index (κ1) is 15.7. The molecule has 1 heterocycles. The number of rotatable bonds is 5. The summed E-state index contributed by atoms with van der Waals surface area (Å²) in [5.41, 5.74) is 2.12. The van der Waals surface area contributed by atoms with Crippen LogP contribution >= 0.6 is 15.9 Å². The lowest BCUT2D eigenvalue weighted by atomic mass is 10.1. The van der Waals surface area contributed by atoms with Gasteiger partial charge in [0.25, 0.3) is 0 Å². The Morgan fingerprint density at radius 3 is 2.50 bits per heavy atom. The summed E-state index contributed by atoms with van der Waals surface area (Å²) in [5, 5.41) is 17.8. The van der Waals surface area contributed by atoms with Gasteiger partial charge in [-0.3, -0.25) is 4.68 Å². The van der Waals surface area contributed by atoms with Gasteiger partial charge in [0.1, 0.15) is 0 Å². The van der Waals surface area contributed by atoms with Gasteiger partial charge in [-0.05, 0) is 43.1 Å². The summed E-state index contributed by atoms with van der Waals surface area (Å²) >= 11 is 3.57. The fourth-order valence-corrected chi connectivity index (χ4v) is 2.54. The van der Waals surface area contributed by atoms with Crippen molar-refractivity contribution in [3.8, 4) is 0 Å². The van der Waals surface area contributed by atoms with E-state index in [1.807, 2.05) is 11.7 Å². The summed E-state index contributed by atoms with van der Waals surface area (Å²) in [6.45, 7) is 8.94. The zero-order valence-electron chi connectivity index (χ0n) is 11.9. The Kier molecular flexibility index (Phi) is 5.37. The molecule has 0 amide bonds. The molecule has 1 rings (SSSR count). The highest BCUT2D eigenvalue weighted by atomic mass is 79.9.